The molecule has 130 valence electrons. The SMILES string of the molecule is CCCCNC(=O)c1cccc2c1C(=O)N(c1ccc(OC)cc1)C2. The van der Waals surface area contributed by atoms with Crippen molar-refractivity contribution < 1.29 is 14.3 Å². The van der Waals surface area contributed by atoms with Crippen LogP contribution in [0.4, 0.5) is 5.69 Å². The van der Waals surface area contributed by atoms with Crippen molar-refractivity contribution in [3.63, 3.8) is 0 Å². The fraction of sp³-hybridized carbons (Fsp3) is 0.300. The van der Waals surface area contributed by atoms with Crippen LogP contribution in [0, 0.1) is 0 Å². The Bertz CT molecular complexity index is 784. The fourth-order valence-corrected chi connectivity index (χ4v) is 3.00. The van der Waals surface area contributed by atoms with Gasteiger partial charge in [0.15, 0.2) is 0 Å². The van der Waals surface area contributed by atoms with Crippen molar-refractivity contribution in [2.45, 2.75) is 26.3 Å². The molecule has 1 aliphatic heterocycles. The molecule has 0 unspecified atom stereocenters. The topological polar surface area (TPSA) is 58.6 Å². The van der Waals surface area contributed by atoms with E-state index in [9.17, 15) is 9.59 Å². The molecule has 0 aliphatic carbocycles. The zero-order valence-corrected chi connectivity index (χ0v) is 14.5. The molecule has 0 spiro atoms. The molecule has 25 heavy (non-hydrogen) atoms. The van der Waals surface area contributed by atoms with Gasteiger partial charge in [-0.05, 0) is 42.3 Å². The lowest BCUT2D eigenvalue weighted by Crippen LogP contribution is -2.28. The van der Waals surface area contributed by atoms with E-state index in [0.717, 1.165) is 29.8 Å². The summed E-state index contributed by atoms with van der Waals surface area (Å²) in [4.78, 5) is 27.1. The number of carbonyl (C=O) groups excluding carboxylic acids is 2. The molecule has 2 aromatic carbocycles. The van der Waals surface area contributed by atoms with Crippen LogP contribution in [0.2, 0.25) is 0 Å². The van der Waals surface area contributed by atoms with Crippen LogP contribution in [0.15, 0.2) is 42.5 Å². The molecule has 1 aliphatic rings. The summed E-state index contributed by atoms with van der Waals surface area (Å²) in [5.41, 5.74) is 2.63. The number of carbonyl (C=O) groups is 2. The molecule has 1 heterocycles. The van der Waals surface area contributed by atoms with Gasteiger partial charge in [-0.3, -0.25) is 9.59 Å². The highest BCUT2D eigenvalue weighted by atomic mass is 16.5. The maximum Gasteiger partial charge on any atom is 0.259 e. The largest absolute Gasteiger partial charge is 0.497 e. The van der Waals surface area contributed by atoms with Crippen LogP contribution in [-0.4, -0.2) is 25.5 Å². The van der Waals surface area contributed by atoms with E-state index in [1.807, 2.05) is 36.4 Å². The van der Waals surface area contributed by atoms with Crippen molar-refractivity contribution in [1.29, 1.82) is 0 Å². The molecule has 0 saturated carbocycles. The minimum absolute atomic E-state index is 0.138. The molecule has 0 atom stereocenters. The summed E-state index contributed by atoms with van der Waals surface area (Å²) >= 11 is 0. The van der Waals surface area contributed by atoms with Crippen LogP contribution >= 0.6 is 0 Å². The first kappa shape index (κ1) is 17.0. The normalized spacial score (nSPS) is 12.9. The smallest absolute Gasteiger partial charge is 0.259 e. The number of rotatable bonds is 6. The maximum absolute atomic E-state index is 12.9. The first-order chi connectivity index (χ1) is 12.2. The van der Waals surface area contributed by atoms with E-state index >= 15 is 0 Å². The predicted octanol–water partition coefficient (Wildman–Crippen LogP) is 3.39. The van der Waals surface area contributed by atoms with Crippen LogP contribution in [-0.2, 0) is 6.54 Å². The van der Waals surface area contributed by atoms with Gasteiger partial charge in [-0.15, -0.1) is 0 Å². The van der Waals surface area contributed by atoms with Gasteiger partial charge < -0.3 is 15.0 Å². The Morgan fingerprint density at radius 3 is 2.64 bits per heavy atom. The quantitative estimate of drug-likeness (QED) is 0.822. The van der Waals surface area contributed by atoms with Crippen LogP contribution in [0.25, 0.3) is 0 Å². The lowest BCUT2D eigenvalue weighted by molar-refractivity contribution is 0.0936. The molecule has 0 saturated heterocycles. The Balaban J connectivity index is 1.85. The molecular weight excluding hydrogens is 316 g/mol. The lowest BCUT2D eigenvalue weighted by atomic mass is 10.0. The number of ether oxygens (including phenoxy) is 1. The van der Waals surface area contributed by atoms with Gasteiger partial charge >= 0.3 is 0 Å². The molecule has 2 amide bonds. The lowest BCUT2D eigenvalue weighted by Gasteiger charge is -2.16. The summed E-state index contributed by atoms with van der Waals surface area (Å²) in [6.45, 7) is 3.16. The molecular formula is C20H22N2O3. The number of benzene rings is 2. The number of nitrogens with one attached hydrogen (secondary N) is 1. The molecule has 5 heteroatoms. The number of anilines is 1. The first-order valence-electron chi connectivity index (χ1n) is 8.51. The van der Waals surface area contributed by atoms with Crippen molar-refractivity contribution in [3.8, 4) is 5.75 Å². The predicted molar refractivity (Wildman–Crippen MR) is 97.2 cm³/mol. The van der Waals surface area contributed by atoms with E-state index in [4.69, 9.17) is 4.74 Å². The van der Waals surface area contributed by atoms with E-state index in [0.29, 0.717) is 24.2 Å². The second-order valence-corrected chi connectivity index (χ2v) is 6.04. The Hall–Kier alpha value is -2.82. The highest BCUT2D eigenvalue weighted by Crippen LogP contribution is 2.31. The minimum atomic E-state index is -0.185. The van der Waals surface area contributed by atoms with Gasteiger partial charge in [-0.25, -0.2) is 0 Å². The average Bonchev–Trinajstić information content (AvgIpc) is 2.99. The van der Waals surface area contributed by atoms with Crippen LogP contribution < -0.4 is 15.0 Å². The van der Waals surface area contributed by atoms with Gasteiger partial charge in [0.05, 0.1) is 24.8 Å². The van der Waals surface area contributed by atoms with Gasteiger partial charge in [-0.1, -0.05) is 25.5 Å². The van der Waals surface area contributed by atoms with Gasteiger partial charge in [0.2, 0.25) is 0 Å². The minimum Gasteiger partial charge on any atom is -0.497 e. The summed E-state index contributed by atoms with van der Waals surface area (Å²) in [5.74, 6) is 0.417. The third-order valence-electron chi connectivity index (χ3n) is 4.38. The van der Waals surface area contributed by atoms with E-state index in [1.54, 1.807) is 18.1 Å². The Labute approximate surface area is 147 Å². The second-order valence-electron chi connectivity index (χ2n) is 6.04. The second kappa shape index (κ2) is 7.38. The number of hydrogen-bond acceptors (Lipinski definition) is 3. The summed E-state index contributed by atoms with van der Waals surface area (Å²) in [7, 11) is 1.61. The summed E-state index contributed by atoms with van der Waals surface area (Å²) < 4.78 is 5.16. The molecule has 0 fully saturated rings. The first-order valence-corrected chi connectivity index (χ1v) is 8.51. The van der Waals surface area contributed by atoms with Crippen molar-refractivity contribution >= 4 is 17.5 Å². The molecule has 0 radical (unpaired) electrons. The number of methoxy groups -OCH3 is 1. The molecule has 0 aromatic heterocycles. The van der Waals surface area contributed by atoms with Gasteiger partial charge in [-0.2, -0.15) is 0 Å². The molecule has 0 bridgehead atoms. The number of hydrogen-bond donors (Lipinski definition) is 1. The van der Waals surface area contributed by atoms with Crippen molar-refractivity contribution in [2.24, 2.45) is 0 Å². The fourth-order valence-electron chi connectivity index (χ4n) is 3.00. The zero-order valence-electron chi connectivity index (χ0n) is 14.5. The Morgan fingerprint density at radius 2 is 1.96 bits per heavy atom. The van der Waals surface area contributed by atoms with Crippen LogP contribution in [0.3, 0.4) is 0 Å². The summed E-state index contributed by atoms with van der Waals surface area (Å²) in [6.07, 6.45) is 1.93. The monoisotopic (exact) mass is 338 g/mol. The zero-order chi connectivity index (χ0) is 17.8. The number of amides is 2. The van der Waals surface area contributed by atoms with E-state index in [1.165, 1.54) is 0 Å². The highest BCUT2D eigenvalue weighted by molar-refractivity contribution is 6.16. The number of unbranched alkanes of at least 4 members (excludes halogenated alkanes) is 1. The van der Waals surface area contributed by atoms with E-state index < -0.39 is 0 Å². The standard InChI is InChI=1S/C20H22N2O3/c1-3-4-12-21-19(23)17-7-5-6-14-13-22(20(24)18(14)17)15-8-10-16(25-2)11-9-15/h5-11H,3-4,12-13H2,1-2H3,(H,21,23). The maximum atomic E-state index is 12.9. The molecule has 5 nitrogen and oxygen atoms in total. The van der Waals surface area contributed by atoms with Crippen LogP contribution in [0.5, 0.6) is 5.75 Å². The highest BCUT2D eigenvalue weighted by Gasteiger charge is 2.32. The Morgan fingerprint density at radius 1 is 1.20 bits per heavy atom. The number of fused-ring (bicyclic) bond motifs is 1. The molecule has 3 rings (SSSR count). The van der Waals surface area contributed by atoms with Crippen molar-refractivity contribution in [1.82, 2.24) is 5.32 Å². The van der Waals surface area contributed by atoms with Gasteiger partial charge in [0.25, 0.3) is 11.8 Å². The molecule has 1 N–H and O–H groups in total. The van der Waals surface area contributed by atoms with Gasteiger partial charge in [0, 0.05) is 12.2 Å². The summed E-state index contributed by atoms with van der Waals surface area (Å²) in [6, 6.07) is 12.8. The Kier molecular flexibility index (Phi) is 5.03. The van der Waals surface area contributed by atoms with E-state index in [2.05, 4.69) is 12.2 Å². The molecule has 2 aromatic rings. The third-order valence-corrected chi connectivity index (χ3v) is 4.38. The van der Waals surface area contributed by atoms with Crippen molar-refractivity contribution in [2.75, 3.05) is 18.6 Å². The number of nitrogens with zero attached hydrogens (tertiary/aromatic N) is 1. The third kappa shape index (κ3) is 3.36. The summed E-state index contributed by atoms with van der Waals surface area (Å²) in [5, 5.41) is 2.89. The van der Waals surface area contributed by atoms with Crippen LogP contribution in [0.1, 0.15) is 46.0 Å². The van der Waals surface area contributed by atoms with E-state index in [-0.39, 0.29) is 11.8 Å². The van der Waals surface area contributed by atoms with Crippen molar-refractivity contribution in [3.05, 3.63) is 59.2 Å². The average molecular weight is 338 g/mol. The van der Waals surface area contributed by atoms with Gasteiger partial charge in [0.1, 0.15) is 5.75 Å².